The van der Waals surface area contributed by atoms with Gasteiger partial charge in [0.05, 0.1) is 17.2 Å². The number of fused-ring (bicyclic) bond motifs is 1. The van der Waals surface area contributed by atoms with E-state index in [0.29, 0.717) is 30.1 Å². The fourth-order valence-electron chi connectivity index (χ4n) is 3.44. The highest BCUT2D eigenvalue weighted by atomic mass is 32.2. The smallest absolute Gasteiger partial charge is 0.254 e. The molecule has 0 unspecified atom stereocenters. The Balaban J connectivity index is 1.40. The molecular formula is C20H21N3O4S2. The van der Waals surface area contributed by atoms with Gasteiger partial charge in [-0.15, -0.1) is 11.8 Å². The molecular weight excluding hydrogens is 410 g/mol. The van der Waals surface area contributed by atoms with Crippen LogP contribution in [-0.4, -0.2) is 61.4 Å². The van der Waals surface area contributed by atoms with Crippen molar-refractivity contribution in [2.45, 2.75) is 10.6 Å². The van der Waals surface area contributed by atoms with Gasteiger partial charge in [0.1, 0.15) is 0 Å². The molecule has 0 atom stereocenters. The van der Waals surface area contributed by atoms with Crippen LogP contribution in [0, 0.1) is 0 Å². The van der Waals surface area contributed by atoms with Crippen molar-refractivity contribution in [3.63, 3.8) is 0 Å². The van der Waals surface area contributed by atoms with Gasteiger partial charge in [0.15, 0.2) is 0 Å². The minimum atomic E-state index is -3.42. The Morgan fingerprint density at radius 3 is 2.48 bits per heavy atom. The molecule has 2 aliphatic heterocycles. The van der Waals surface area contributed by atoms with E-state index in [-0.39, 0.29) is 30.7 Å². The van der Waals surface area contributed by atoms with Crippen LogP contribution in [-0.2, 0) is 20.6 Å². The van der Waals surface area contributed by atoms with Gasteiger partial charge in [0, 0.05) is 36.6 Å². The van der Waals surface area contributed by atoms with Gasteiger partial charge in [-0.25, -0.2) is 8.42 Å². The van der Waals surface area contributed by atoms with E-state index in [0.717, 1.165) is 10.5 Å². The maximum absolute atomic E-state index is 12.9. The Labute approximate surface area is 174 Å². The lowest BCUT2D eigenvalue weighted by Crippen LogP contribution is -2.50. The number of nitrogens with one attached hydrogen (secondary N) is 1. The van der Waals surface area contributed by atoms with Gasteiger partial charge in [-0.3, -0.25) is 9.59 Å². The second-order valence-electron chi connectivity index (χ2n) is 6.98. The highest BCUT2D eigenvalue weighted by Gasteiger charge is 2.29. The van der Waals surface area contributed by atoms with Crippen molar-refractivity contribution in [3.05, 3.63) is 59.7 Å². The molecule has 0 aliphatic carbocycles. The summed E-state index contributed by atoms with van der Waals surface area (Å²) in [4.78, 5) is 27.0. The van der Waals surface area contributed by atoms with Crippen LogP contribution in [0.5, 0.6) is 0 Å². The topological polar surface area (TPSA) is 86.8 Å². The minimum absolute atomic E-state index is 0.0377. The number of rotatable bonds is 4. The van der Waals surface area contributed by atoms with Crippen molar-refractivity contribution in [1.29, 1.82) is 0 Å². The number of carbonyl (C=O) groups is 2. The summed E-state index contributed by atoms with van der Waals surface area (Å²) >= 11 is 1.45. The molecule has 2 heterocycles. The molecule has 152 valence electrons. The summed E-state index contributed by atoms with van der Waals surface area (Å²) in [6.07, 6.45) is 0. The number of sulfonamides is 1. The zero-order valence-electron chi connectivity index (χ0n) is 15.7. The van der Waals surface area contributed by atoms with Gasteiger partial charge in [-0.1, -0.05) is 30.3 Å². The third-order valence-electron chi connectivity index (χ3n) is 4.97. The molecule has 0 saturated carbocycles. The summed E-state index contributed by atoms with van der Waals surface area (Å²) in [5.74, 6) is 0.103. The number of benzene rings is 2. The zero-order chi connectivity index (χ0) is 20.4. The van der Waals surface area contributed by atoms with Crippen LogP contribution in [0.25, 0.3) is 0 Å². The number of nitrogens with zero attached hydrogens (tertiary/aromatic N) is 2. The second kappa shape index (κ2) is 8.17. The molecule has 2 amide bonds. The number of piperazine rings is 1. The molecule has 0 spiro atoms. The van der Waals surface area contributed by atoms with Crippen molar-refractivity contribution >= 4 is 39.3 Å². The van der Waals surface area contributed by atoms with Crippen molar-refractivity contribution in [2.75, 3.05) is 37.2 Å². The van der Waals surface area contributed by atoms with Crippen LogP contribution in [0.3, 0.4) is 0 Å². The van der Waals surface area contributed by atoms with E-state index in [1.165, 1.54) is 16.1 Å². The van der Waals surface area contributed by atoms with Crippen LogP contribution >= 0.6 is 11.8 Å². The molecule has 9 heteroatoms. The number of thioether (sulfide) groups is 1. The third-order valence-corrected chi connectivity index (χ3v) is 7.89. The maximum atomic E-state index is 12.9. The molecule has 2 aliphatic rings. The molecule has 29 heavy (non-hydrogen) atoms. The van der Waals surface area contributed by atoms with Gasteiger partial charge in [0.2, 0.25) is 15.9 Å². The average molecular weight is 432 g/mol. The lowest BCUT2D eigenvalue weighted by atomic mass is 10.1. The van der Waals surface area contributed by atoms with Gasteiger partial charge < -0.3 is 10.2 Å². The first-order chi connectivity index (χ1) is 13.9. The van der Waals surface area contributed by atoms with Crippen molar-refractivity contribution in [3.8, 4) is 0 Å². The Morgan fingerprint density at radius 1 is 1.03 bits per heavy atom. The predicted octanol–water partition coefficient (Wildman–Crippen LogP) is 2.02. The zero-order valence-corrected chi connectivity index (χ0v) is 17.3. The molecule has 0 radical (unpaired) electrons. The molecule has 2 aromatic rings. The van der Waals surface area contributed by atoms with E-state index in [9.17, 15) is 18.0 Å². The van der Waals surface area contributed by atoms with Crippen LogP contribution < -0.4 is 5.32 Å². The van der Waals surface area contributed by atoms with E-state index in [4.69, 9.17) is 0 Å². The molecule has 4 rings (SSSR count). The Kier molecular flexibility index (Phi) is 5.62. The van der Waals surface area contributed by atoms with Crippen LogP contribution in [0.2, 0.25) is 0 Å². The van der Waals surface area contributed by atoms with Crippen molar-refractivity contribution in [1.82, 2.24) is 9.21 Å². The number of hydrogen-bond acceptors (Lipinski definition) is 5. The fraction of sp³-hybridized carbons (Fsp3) is 0.300. The van der Waals surface area contributed by atoms with E-state index in [1.54, 1.807) is 29.2 Å². The third kappa shape index (κ3) is 4.47. The second-order valence-corrected chi connectivity index (χ2v) is 9.97. The minimum Gasteiger partial charge on any atom is -0.336 e. The summed E-state index contributed by atoms with van der Waals surface area (Å²) in [5, 5.41) is 2.79. The summed E-state index contributed by atoms with van der Waals surface area (Å²) in [7, 11) is -3.42. The molecule has 0 bridgehead atoms. The summed E-state index contributed by atoms with van der Waals surface area (Å²) < 4.78 is 26.8. The summed E-state index contributed by atoms with van der Waals surface area (Å²) in [6.45, 7) is 1.23. The number of amides is 2. The van der Waals surface area contributed by atoms with Crippen LogP contribution in [0.1, 0.15) is 15.9 Å². The van der Waals surface area contributed by atoms with Gasteiger partial charge in [-0.2, -0.15) is 4.31 Å². The molecule has 2 aromatic carbocycles. The average Bonchev–Trinajstić information content (AvgIpc) is 2.73. The number of carbonyl (C=O) groups excluding carboxylic acids is 2. The highest BCUT2D eigenvalue weighted by Crippen LogP contribution is 2.32. The van der Waals surface area contributed by atoms with E-state index in [1.807, 2.05) is 24.3 Å². The molecule has 1 fully saturated rings. The molecule has 1 N–H and O–H groups in total. The van der Waals surface area contributed by atoms with Crippen LogP contribution in [0.4, 0.5) is 5.69 Å². The SMILES string of the molecule is O=C1CSc2ccc(C(=O)N3CCN(S(=O)(=O)Cc4ccccc4)CC3)cc2N1. The van der Waals surface area contributed by atoms with E-state index in [2.05, 4.69) is 5.32 Å². The van der Waals surface area contributed by atoms with E-state index >= 15 is 0 Å². The Morgan fingerprint density at radius 2 is 1.76 bits per heavy atom. The largest absolute Gasteiger partial charge is 0.336 e. The van der Waals surface area contributed by atoms with Gasteiger partial charge in [-0.05, 0) is 23.8 Å². The molecule has 1 saturated heterocycles. The normalized spacial score (nSPS) is 17.5. The standard InChI is InChI=1S/C20H21N3O4S2/c24-19-13-28-18-7-6-16(12-17(18)21-19)20(25)22-8-10-23(11-9-22)29(26,27)14-15-4-2-1-3-5-15/h1-7,12H,8-11,13-14H2,(H,21,24). The number of anilines is 1. The monoisotopic (exact) mass is 431 g/mol. The molecule has 0 aromatic heterocycles. The quantitative estimate of drug-likeness (QED) is 0.800. The van der Waals surface area contributed by atoms with E-state index < -0.39 is 10.0 Å². The summed E-state index contributed by atoms with van der Waals surface area (Å²) in [5.41, 5.74) is 1.90. The Hall–Kier alpha value is -2.36. The first-order valence-electron chi connectivity index (χ1n) is 9.30. The molecule has 7 nitrogen and oxygen atoms in total. The first-order valence-corrected chi connectivity index (χ1v) is 11.9. The summed E-state index contributed by atoms with van der Waals surface area (Å²) in [6, 6.07) is 14.4. The van der Waals surface area contributed by atoms with Gasteiger partial charge >= 0.3 is 0 Å². The lowest BCUT2D eigenvalue weighted by Gasteiger charge is -2.34. The van der Waals surface area contributed by atoms with Gasteiger partial charge in [0.25, 0.3) is 5.91 Å². The predicted molar refractivity (Wildman–Crippen MR) is 112 cm³/mol. The highest BCUT2D eigenvalue weighted by molar-refractivity contribution is 8.00. The van der Waals surface area contributed by atoms with Crippen LogP contribution in [0.15, 0.2) is 53.4 Å². The maximum Gasteiger partial charge on any atom is 0.254 e. The lowest BCUT2D eigenvalue weighted by molar-refractivity contribution is -0.113. The first kappa shape index (κ1) is 19.9. The van der Waals surface area contributed by atoms with Crippen molar-refractivity contribution in [2.24, 2.45) is 0 Å². The van der Waals surface area contributed by atoms with Crippen molar-refractivity contribution < 1.29 is 18.0 Å². The number of hydrogen-bond donors (Lipinski definition) is 1. The fourth-order valence-corrected chi connectivity index (χ4v) is 5.75. The Bertz CT molecular complexity index is 1030.